The second kappa shape index (κ2) is 6.69. The number of hydrogen-bond acceptors (Lipinski definition) is 3. The lowest BCUT2D eigenvalue weighted by molar-refractivity contribution is -0.462. The first-order valence-corrected chi connectivity index (χ1v) is 10.1. The van der Waals surface area contributed by atoms with Crippen LogP contribution in [0.2, 0.25) is 0 Å². The van der Waals surface area contributed by atoms with E-state index >= 15 is 4.39 Å². The lowest BCUT2D eigenvalue weighted by Crippen LogP contribution is -2.80. The highest BCUT2D eigenvalue weighted by atomic mass is 19.4. The van der Waals surface area contributed by atoms with Gasteiger partial charge in [0.15, 0.2) is 5.60 Å². The van der Waals surface area contributed by atoms with Gasteiger partial charge in [0.2, 0.25) is 0 Å². The average Bonchev–Trinajstić information content (AvgIpc) is 2.54. The fraction of sp³-hybridized carbons (Fsp3) is 1.00. The third-order valence-electron chi connectivity index (χ3n) is 8.58. The molecule has 6 unspecified atom stereocenters. The van der Waals surface area contributed by atoms with Crippen molar-refractivity contribution >= 4 is 0 Å². The topological polar surface area (TPSA) is 60.7 Å². The van der Waals surface area contributed by atoms with Gasteiger partial charge in [-0.15, -0.1) is 0 Å². The van der Waals surface area contributed by atoms with Crippen LogP contribution in [-0.4, -0.2) is 57.1 Å². The number of alkyl halides is 13. The second-order valence-electron chi connectivity index (χ2n) is 11.1. The van der Waals surface area contributed by atoms with E-state index < -0.39 is 102 Å². The quantitative estimate of drug-likeness (QED) is 0.399. The third kappa shape index (κ3) is 3.29. The van der Waals surface area contributed by atoms with Gasteiger partial charge in [-0.1, -0.05) is 6.92 Å². The Balaban J connectivity index is 2.46. The molecule has 35 heavy (non-hydrogen) atoms. The van der Waals surface area contributed by atoms with Crippen LogP contribution in [0.25, 0.3) is 0 Å². The summed E-state index contributed by atoms with van der Waals surface area (Å²) in [6.45, 7) is 0.727. The predicted molar refractivity (Wildman–Crippen MR) is 89.0 cm³/mol. The molecule has 3 N–H and O–H groups in total. The molecule has 0 amide bonds. The SMILES string of the molecule is CC12CC3(C(C)(O)C(F)(F)F)CC(C(O)(F)C(F)(F)F)(C1)CC(C(O)(C(F)(F)F)C(F)(F)F)(C2)C3. The predicted octanol–water partition coefficient (Wildman–Crippen LogP) is 5.72. The molecule has 16 heteroatoms. The van der Waals surface area contributed by atoms with Crippen LogP contribution in [0, 0.1) is 21.7 Å². The minimum absolute atomic E-state index is 0.0317. The van der Waals surface area contributed by atoms with Crippen molar-refractivity contribution in [1.29, 1.82) is 0 Å². The molecule has 0 aromatic rings. The molecule has 4 saturated carbocycles. The van der Waals surface area contributed by atoms with E-state index in [1.54, 1.807) is 0 Å². The summed E-state index contributed by atoms with van der Waals surface area (Å²) in [6, 6.07) is 0. The zero-order valence-electron chi connectivity index (χ0n) is 18.0. The second-order valence-corrected chi connectivity index (χ2v) is 11.1. The Morgan fingerprint density at radius 2 is 0.829 bits per heavy atom. The summed E-state index contributed by atoms with van der Waals surface area (Å²) in [5, 5.41) is 30.6. The number of aliphatic hydroxyl groups is 3. The molecule has 0 aromatic carbocycles. The Morgan fingerprint density at radius 3 is 1.20 bits per heavy atom. The van der Waals surface area contributed by atoms with Crippen LogP contribution in [0.15, 0.2) is 0 Å². The van der Waals surface area contributed by atoms with Crippen molar-refractivity contribution in [3.05, 3.63) is 0 Å². The van der Waals surface area contributed by atoms with Gasteiger partial charge in [-0.25, -0.2) is 4.39 Å². The molecule has 4 bridgehead atoms. The molecule has 0 aliphatic heterocycles. The van der Waals surface area contributed by atoms with Crippen molar-refractivity contribution < 1.29 is 72.4 Å². The molecule has 0 spiro atoms. The zero-order valence-corrected chi connectivity index (χ0v) is 18.0. The van der Waals surface area contributed by atoms with Gasteiger partial charge >= 0.3 is 30.6 Å². The monoisotopic (exact) mass is 544 g/mol. The molecule has 4 fully saturated rings. The highest BCUT2D eigenvalue weighted by molar-refractivity contribution is 5.28. The normalized spacial score (nSPS) is 39.9. The first kappa shape index (κ1) is 28.5. The minimum Gasteiger partial charge on any atom is -0.380 e. The van der Waals surface area contributed by atoms with Crippen LogP contribution in [0.4, 0.5) is 57.1 Å². The zero-order chi connectivity index (χ0) is 27.7. The molecule has 4 rings (SSSR count). The van der Waals surface area contributed by atoms with Crippen molar-refractivity contribution in [2.24, 2.45) is 21.7 Å². The summed E-state index contributed by atoms with van der Waals surface area (Å²) in [7, 11) is 0. The van der Waals surface area contributed by atoms with Gasteiger partial charge in [-0.2, -0.15) is 52.7 Å². The van der Waals surface area contributed by atoms with E-state index in [0.717, 1.165) is 6.92 Å². The first-order valence-electron chi connectivity index (χ1n) is 10.1. The van der Waals surface area contributed by atoms with Crippen molar-refractivity contribution in [1.82, 2.24) is 0 Å². The van der Waals surface area contributed by atoms with Crippen LogP contribution in [0.3, 0.4) is 0 Å². The van der Waals surface area contributed by atoms with E-state index in [9.17, 15) is 68.0 Å². The first-order chi connectivity index (χ1) is 15.0. The van der Waals surface area contributed by atoms with E-state index in [1.165, 1.54) is 0 Å². The maximum Gasteiger partial charge on any atom is 0.448 e. The van der Waals surface area contributed by atoms with Gasteiger partial charge in [-0.05, 0) is 50.9 Å². The fourth-order valence-corrected chi connectivity index (χ4v) is 7.76. The molecule has 0 aromatic heterocycles. The molecule has 0 radical (unpaired) electrons. The summed E-state index contributed by atoms with van der Waals surface area (Å²) in [5.74, 6) is -5.54. The van der Waals surface area contributed by atoms with Gasteiger partial charge in [0.05, 0.1) is 0 Å². The minimum atomic E-state index is -6.67. The summed E-state index contributed by atoms with van der Waals surface area (Å²) in [5.41, 5.74) is -23.2. The van der Waals surface area contributed by atoms with Crippen molar-refractivity contribution in [2.75, 3.05) is 0 Å². The molecule has 0 saturated heterocycles. The third-order valence-corrected chi connectivity index (χ3v) is 8.58. The van der Waals surface area contributed by atoms with Crippen LogP contribution in [0.5, 0.6) is 0 Å². The Morgan fingerprint density at radius 1 is 0.486 bits per heavy atom. The van der Waals surface area contributed by atoms with E-state index in [-0.39, 0.29) is 6.92 Å². The highest BCUT2D eigenvalue weighted by Crippen LogP contribution is 2.83. The van der Waals surface area contributed by atoms with Gasteiger partial charge in [0.25, 0.3) is 5.60 Å². The average molecular weight is 544 g/mol. The van der Waals surface area contributed by atoms with Crippen LogP contribution in [0.1, 0.15) is 52.4 Å². The van der Waals surface area contributed by atoms with Gasteiger partial charge in [-0.3, -0.25) is 0 Å². The Hall–Kier alpha value is -1.03. The van der Waals surface area contributed by atoms with Crippen LogP contribution < -0.4 is 0 Å². The van der Waals surface area contributed by atoms with E-state index in [2.05, 4.69) is 0 Å². The van der Waals surface area contributed by atoms with E-state index in [1.807, 2.05) is 0 Å². The summed E-state index contributed by atoms with van der Waals surface area (Å²) in [4.78, 5) is 0. The molecule has 4 aliphatic rings. The Bertz CT molecular complexity index is 824. The van der Waals surface area contributed by atoms with Crippen molar-refractivity contribution in [2.45, 2.75) is 94.1 Å². The number of rotatable bonds is 3. The van der Waals surface area contributed by atoms with Gasteiger partial charge < -0.3 is 15.3 Å². The molecular weight excluding hydrogens is 523 g/mol. The summed E-state index contributed by atoms with van der Waals surface area (Å²) >= 11 is 0. The highest BCUT2D eigenvalue weighted by Gasteiger charge is 2.89. The van der Waals surface area contributed by atoms with Gasteiger partial charge in [0.1, 0.15) is 0 Å². The Labute approximate surface area is 189 Å². The molecule has 0 heterocycles. The summed E-state index contributed by atoms with van der Waals surface area (Å²) in [6.07, 6.45) is -34.8. The van der Waals surface area contributed by atoms with Crippen molar-refractivity contribution in [3.63, 3.8) is 0 Å². The maximum atomic E-state index is 15.1. The lowest BCUT2D eigenvalue weighted by atomic mass is 9.30. The van der Waals surface area contributed by atoms with E-state index in [4.69, 9.17) is 0 Å². The van der Waals surface area contributed by atoms with Crippen molar-refractivity contribution in [3.8, 4) is 0 Å². The lowest BCUT2D eigenvalue weighted by Gasteiger charge is -2.75. The molecule has 4 aliphatic carbocycles. The largest absolute Gasteiger partial charge is 0.448 e. The molecule has 206 valence electrons. The molecule has 6 atom stereocenters. The number of halogens is 13. The summed E-state index contributed by atoms with van der Waals surface area (Å²) < 4.78 is 181. The maximum absolute atomic E-state index is 15.1. The molecule has 3 nitrogen and oxygen atoms in total. The van der Waals surface area contributed by atoms with Gasteiger partial charge in [0, 0.05) is 16.2 Å². The van der Waals surface area contributed by atoms with Crippen LogP contribution >= 0.6 is 0 Å². The standard InChI is InChI=1S/C19H21F13O3/c1-9-3-11(10(2,33)16(21,22)23)6-12(4-9,14(34,17(24,25)26)18(27,28)29)8-13(5-9,7-11)15(20,35)19(30,31)32/h33-35H,3-8H2,1-2H3. The molecular formula is C19H21F13O3. The van der Waals surface area contributed by atoms with E-state index in [0.29, 0.717) is 0 Å². The number of hydrogen-bond donors (Lipinski definition) is 3. The van der Waals surface area contributed by atoms with Crippen LogP contribution in [-0.2, 0) is 0 Å². The smallest absolute Gasteiger partial charge is 0.380 e. The fourth-order valence-electron chi connectivity index (χ4n) is 7.76. The Kier molecular flexibility index (Phi) is 5.46.